The molecule has 5 heteroatoms. The van der Waals surface area contributed by atoms with Gasteiger partial charge in [-0.2, -0.15) is 0 Å². The molecule has 2 aromatic rings. The predicted octanol–water partition coefficient (Wildman–Crippen LogP) is 3.06. The van der Waals surface area contributed by atoms with Crippen LogP contribution in [0.3, 0.4) is 0 Å². The minimum atomic E-state index is -0.0396. The molecule has 118 valence electrons. The number of hydrogen-bond donors (Lipinski definition) is 1. The highest BCUT2D eigenvalue weighted by atomic mass is 16.2. The third-order valence-electron chi connectivity index (χ3n) is 4.13. The van der Waals surface area contributed by atoms with Crippen molar-refractivity contribution in [2.45, 2.75) is 52.6 Å². The van der Waals surface area contributed by atoms with Gasteiger partial charge in [-0.3, -0.25) is 4.79 Å². The first-order valence-electron chi connectivity index (χ1n) is 8.21. The van der Waals surface area contributed by atoms with Crippen LogP contribution in [-0.4, -0.2) is 20.4 Å². The molecule has 0 radical (unpaired) electrons. The second-order valence-electron chi connectivity index (χ2n) is 6.53. The molecule has 1 aliphatic carbocycles. The molecule has 3 rings (SSSR count). The predicted molar refractivity (Wildman–Crippen MR) is 86.3 cm³/mol. The summed E-state index contributed by atoms with van der Waals surface area (Å²) in [5.41, 5.74) is 1.79. The zero-order valence-electron chi connectivity index (χ0n) is 13.5. The van der Waals surface area contributed by atoms with Gasteiger partial charge in [-0.05, 0) is 44.2 Å². The Morgan fingerprint density at radius 3 is 2.86 bits per heavy atom. The maximum absolute atomic E-state index is 12.2. The fourth-order valence-corrected chi connectivity index (χ4v) is 2.89. The molecular formula is C17H24N4O. The average Bonchev–Trinajstić information content (AvgIpc) is 3.26. The zero-order chi connectivity index (χ0) is 15.7. The maximum atomic E-state index is 12.2. The summed E-state index contributed by atoms with van der Waals surface area (Å²) in [4.78, 5) is 21.4. The maximum Gasteiger partial charge on any atom is 0.223 e. The highest BCUT2D eigenvalue weighted by Gasteiger charge is 2.32. The summed E-state index contributed by atoms with van der Waals surface area (Å²) in [6.07, 6.45) is 4.72. The number of rotatable bonds is 6. The third kappa shape index (κ3) is 2.98. The van der Waals surface area contributed by atoms with Gasteiger partial charge in [0.25, 0.3) is 0 Å². The molecule has 1 aliphatic rings. The Labute approximate surface area is 131 Å². The van der Waals surface area contributed by atoms with E-state index in [1.807, 2.05) is 12.1 Å². The Kier molecular flexibility index (Phi) is 4.14. The number of amides is 1. The molecule has 0 aromatic carbocycles. The molecule has 0 saturated heterocycles. The summed E-state index contributed by atoms with van der Waals surface area (Å²) in [5, 5.41) is 3.21. The van der Waals surface area contributed by atoms with E-state index in [2.05, 4.69) is 35.6 Å². The quantitative estimate of drug-likeness (QED) is 0.892. The summed E-state index contributed by atoms with van der Waals surface area (Å²) in [6.45, 7) is 7.24. The molecule has 5 nitrogen and oxygen atoms in total. The van der Waals surface area contributed by atoms with E-state index >= 15 is 0 Å². The van der Waals surface area contributed by atoms with Crippen molar-refractivity contribution in [2.75, 3.05) is 0 Å². The summed E-state index contributed by atoms with van der Waals surface area (Å²) in [7, 11) is 0. The number of fused-ring (bicyclic) bond motifs is 1. The Bertz CT molecular complexity index is 672. The molecule has 1 atom stereocenters. The highest BCUT2D eigenvalue weighted by Crippen LogP contribution is 2.31. The van der Waals surface area contributed by atoms with Gasteiger partial charge in [-0.25, -0.2) is 9.97 Å². The third-order valence-corrected chi connectivity index (χ3v) is 4.13. The van der Waals surface area contributed by atoms with E-state index < -0.39 is 0 Å². The minimum Gasteiger partial charge on any atom is -0.346 e. The van der Waals surface area contributed by atoms with E-state index in [0.717, 1.165) is 42.8 Å². The van der Waals surface area contributed by atoms with Crippen LogP contribution < -0.4 is 5.32 Å². The van der Waals surface area contributed by atoms with E-state index in [9.17, 15) is 4.79 Å². The van der Waals surface area contributed by atoms with E-state index in [-0.39, 0.29) is 17.9 Å². The van der Waals surface area contributed by atoms with Crippen molar-refractivity contribution in [3.05, 3.63) is 24.2 Å². The molecule has 1 amide bonds. The number of pyridine rings is 1. The first-order chi connectivity index (χ1) is 10.6. The van der Waals surface area contributed by atoms with Crippen molar-refractivity contribution < 1.29 is 4.79 Å². The number of aryl methyl sites for hydroxylation is 1. The molecule has 0 bridgehead atoms. The number of carbonyl (C=O) groups excluding carboxylic acids is 1. The lowest BCUT2D eigenvalue weighted by Gasteiger charge is -2.21. The standard InChI is InChI=1S/C17H24N4O/c1-4-21-15-13(6-5-9-18-15)19-16(21)14(10-11(2)3)20-17(22)12-7-8-12/h5-6,9,11-12,14H,4,7-8,10H2,1-3H3,(H,20,22)/t14-/m0/s1. The number of imidazole rings is 1. The van der Waals surface area contributed by atoms with Gasteiger partial charge in [-0.15, -0.1) is 0 Å². The van der Waals surface area contributed by atoms with Crippen LogP contribution in [0.25, 0.3) is 11.2 Å². The van der Waals surface area contributed by atoms with Crippen LogP contribution in [0.2, 0.25) is 0 Å². The van der Waals surface area contributed by atoms with Crippen LogP contribution in [-0.2, 0) is 11.3 Å². The fourth-order valence-electron chi connectivity index (χ4n) is 2.89. The van der Waals surface area contributed by atoms with Gasteiger partial charge >= 0.3 is 0 Å². The van der Waals surface area contributed by atoms with Gasteiger partial charge in [0.15, 0.2) is 5.65 Å². The largest absolute Gasteiger partial charge is 0.346 e. The van der Waals surface area contributed by atoms with Gasteiger partial charge in [0, 0.05) is 18.7 Å². The van der Waals surface area contributed by atoms with Crippen molar-refractivity contribution >= 4 is 17.1 Å². The van der Waals surface area contributed by atoms with Crippen molar-refractivity contribution in [1.29, 1.82) is 0 Å². The van der Waals surface area contributed by atoms with Gasteiger partial charge < -0.3 is 9.88 Å². The fraction of sp³-hybridized carbons (Fsp3) is 0.588. The molecule has 0 unspecified atom stereocenters. The van der Waals surface area contributed by atoms with Crippen molar-refractivity contribution in [3.8, 4) is 0 Å². The molecule has 2 aromatic heterocycles. The highest BCUT2D eigenvalue weighted by molar-refractivity contribution is 5.81. The molecule has 22 heavy (non-hydrogen) atoms. The molecule has 1 saturated carbocycles. The number of nitrogens with one attached hydrogen (secondary N) is 1. The zero-order valence-corrected chi connectivity index (χ0v) is 13.5. The number of carbonyl (C=O) groups is 1. The summed E-state index contributed by atoms with van der Waals surface area (Å²) < 4.78 is 2.12. The molecule has 1 fully saturated rings. The lowest BCUT2D eigenvalue weighted by molar-refractivity contribution is -0.123. The average molecular weight is 300 g/mol. The van der Waals surface area contributed by atoms with Crippen molar-refractivity contribution in [1.82, 2.24) is 19.9 Å². The van der Waals surface area contributed by atoms with Crippen LogP contribution in [0, 0.1) is 11.8 Å². The normalized spacial score (nSPS) is 16.2. The van der Waals surface area contributed by atoms with E-state index in [4.69, 9.17) is 4.98 Å². The van der Waals surface area contributed by atoms with E-state index in [0.29, 0.717) is 5.92 Å². The lowest BCUT2D eigenvalue weighted by atomic mass is 10.0. The Balaban J connectivity index is 1.96. The summed E-state index contributed by atoms with van der Waals surface area (Å²) in [5.74, 6) is 1.81. The van der Waals surface area contributed by atoms with E-state index in [1.54, 1.807) is 6.20 Å². The second-order valence-corrected chi connectivity index (χ2v) is 6.53. The molecule has 2 heterocycles. The molecular weight excluding hydrogens is 276 g/mol. The molecule has 0 spiro atoms. The van der Waals surface area contributed by atoms with Gasteiger partial charge in [0.1, 0.15) is 11.3 Å². The number of hydrogen-bond acceptors (Lipinski definition) is 3. The van der Waals surface area contributed by atoms with Gasteiger partial charge in [0.2, 0.25) is 5.91 Å². The van der Waals surface area contributed by atoms with Crippen LogP contribution >= 0.6 is 0 Å². The van der Waals surface area contributed by atoms with E-state index in [1.165, 1.54) is 0 Å². The van der Waals surface area contributed by atoms with Crippen LogP contribution in [0.15, 0.2) is 18.3 Å². The van der Waals surface area contributed by atoms with Crippen LogP contribution in [0.1, 0.15) is 51.9 Å². The second kappa shape index (κ2) is 6.07. The topological polar surface area (TPSA) is 59.8 Å². The van der Waals surface area contributed by atoms with Crippen molar-refractivity contribution in [2.24, 2.45) is 11.8 Å². The lowest BCUT2D eigenvalue weighted by Crippen LogP contribution is -2.32. The number of aromatic nitrogens is 3. The first kappa shape index (κ1) is 15.0. The Morgan fingerprint density at radius 1 is 1.45 bits per heavy atom. The summed E-state index contributed by atoms with van der Waals surface area (Å²) in [6, 6.07) is 3.84. The molecule has 1 N–H and O–H groups in total. The monoisotopic (exact) mass is 300 g/mol. The van der Waals surface area contributed by atoms with Crippen LogP contribution in [0.5, 0.6) is 0 Å². The summed E-state index contributed by atoms with van der Waals surface area (Å²) >= 11 is 0. The van der Waals surface area contributed by atoms with Gasteiger partial charge in [-0.1, -0.05) is 13.8 Å². The SMILES string of the molecule is CCn1c([C@H](CC(C)C)NC(=O)C2CC2)nc2cccnc21. The Morgan fingerprint density at radius 2 is 2.23 bits per heavy atom. The van der Waals surface area contributed by atoms with Crippen molar-refractivity contribution in [3.63, 3.8) is 0 Å². The van der Waals surface area contributed by atoms with Crippen LogP contribution in [0.4, 0.5) is 0 Å². The first-order valence-corrected chi connectivity index (χ1v) is 8.21. The minimum absolute atomic E-state index is 0.0396. The van der Waals surface area contributed by atoms with Gasteiger partial charge in [0.05, 0.1) is 6.04 Å². The number of nitrogens with zero attached hydrogens (tertiary/aromatic N) is 3. The Hall–Kier alpha value is -1.91. The smallest absolute Gasteiger partial charge is 0.223 e. The molecule has 0 aliphatic heterocycles.